The summed E-state index contributed by atoms with van der Waals surface area (Å²) in [6.45, 7) is 4.88. The molecule has 1 fully saturated rings. The van der Waals surface area contributed by atoms with Gasteiger partial charge in [0.05, 0.1) is 5.69 Å². The third-order valence-corrected chi connectivity index (χ3v) is 6.35. The number of ether oxygens (including phenoxy) is 1. The van der Waals surface area contributed by atoms with Gasteiger partial charge in [-0.25, -0.2) is 28.5 Å². The van der Waals surface area contributed by atoms with E-state index in [1.807, 2.05) is 0 Å². The molecule has 0 spiro atoms. The van der Waals surface area contributed by atoms with Crippen molar-refractivity contribution in [3.8, 4) is 17.3 Å². The van der Waals surface area contributed by atoms with Crippen LogP contribution in [0.1, 0.15) is 36.7 Å². The van der Waals surface area contributed by atoms with E-state index >= 15 is 0 Å². The summed E-state index contributed by atoms with van der Waals surface area (Å²) in [5, 5.41) is 5.35. The van der Waals surface area contributed by atoms with Gasteiger partial charge in [-0.2, -0.15) is 0 Å². The summed E-state index contributed by atoms with van der Waals surface area (Å²) in [7, 11) is 0. The number of anilines is 2. The van der Waals surface area contributed by atoms with E-state index in [-0.39, 0.29) is 29.2 Å². The molecule has 2 aromatic carbocycles. The second-order valence-corrected chi connectivity index (χ2v) is 9.54. The number of nitrogens with one attached hydrogen (secondary N) is 2. The number of carbonyl (C=O) groups is 2. The first-order valence-corrected chi connectivity index (χ1v) is 12.8. The number of aromatic nitrogens is 4. The number of nitrogens with zero attached hydrogens (tertiary/aromatic N) is 5. The van der Waals surface area contributed by atoms with Gasteiger partial charge in [0, 0.05) is 37.1 Å². The first kappa shape index (κ1) is 27.2. The van der Waals surface area contributed by atoms with Gasteiger partial charge in [-0.3, -0.25) is 19.5 Å². The van der Waals surface area contributed by atoms with E-state index in [1.165, 1.54) is 35.3 Å². The van der Waals surface area contributed by atoms with Crippen LogP contribution in [-0.4, -0.2) is 49.0 Å². The fourth-order valence-corrected chi connectivity index (χ4v) is 4.01. The molecule has 0 bridgehead atoms. The Morgan fingerprint density at radius 3 is 2.32 bits per heavy atom. The van der Waals surface area contributed by atoms with Gasteiger partial charge in [-0.1, -0.05) is 0 Å². The number of carbonyl (C=O) groups excluding carboxylic acids is 2. The summed E-state index contributed by atoms with van der Waals surface area (Å²) in [5.41, 5.74) is -1.25. The minimum absolute atomic E-state index is 0.139. The predicted octanol–water partition coefficient (Wildman–Crippen LogP) is 3.79. The molecule has 4 aromatic rings. The van der Waals surface area contributed by atoms with Gasteiger partial charge in [0.15, 0.2) is 0 Å². The fraction of sp³-hybridized carbons (Fsp3) is 0.214. The second kappa shape index (κ2) is 11.4. The Hall–Kier alpha value is -5.33. The molecule has 0 aliphatic carbocycles. The van der Waals surface area contributed by atoms with Crippen LogP contribution < -0.4 is 26.6 Å². The van der Waals surface area contributed by atoms with Gasteiger partial charge in [0.2, 0.25) is 5.88 Å². The van der Waals surface area contributed by atoms with Crippen molar-refractivity contribution in [2.24, 2.45) is 0 Å². The molecule has 0 radical (unpaired) electrons. The molecule has 1 saturated heterocycles. The Bertz CT molecular complexity index is 1710. The lowest BCUT2D eigenvalue weighted by molar-refractivity contribution is 0.102. The first-order valence-electron chi connectivity index (χ1n) is 12.8. The molecular formula is C28H26FN7O5. The maximum absolute atomic E-state index is 13.4. The smallest absolute Gasteiger partial charge is 0.335 e. The highest BCUT2D eigenvalue weighted by atomic mass is 19.1. The molecule has 3 heterocycles. The lowest BCUT2D eigenvalue weighted by Gasteiger charge is -2.30. The van der Waals surface area contributed by atoms with E-state index in [4.69, 9.17) is 4.74 Å². The lowest BCUT2D eigenvalue weighted by Crippen LogP contribution is -2.44. The van der Waals surface area contributed by atoms with Gasteiger partial charge in [0.1, 0.15) is 29.3 Å². The Kier molecular flexibility index (Phi) is 7.59. The van der Waals surface area contributed by atoms with Crippen LogP contribution in [0.15, 0.2) is 76.7 Å². The van der Waals surface area contributed by atoms with Gasteiger partial charge in [-0.15, -0.1) is 0 Å². The molecule has 0 unspecified atom stereocenters. The van der Waals surface area contributed by atoms with Gasteiger partial charge >= 0.3 is 11.7 Å². The molecule has 12 nitrogen and oxygen atoms in total. The van der Waals surface area contributed by atoms with Crippen molar-refractivity contribution < 1.29 is 18.7 Å². The monoisotopic (exact) mass is 559 g/mol. The Morgan fingerprint density at radius 1 is 0.976 bits per heavy atom. The molecular weight excluding hydrogens is 533 g/mol. The SMILES string of the molecule is CC(C)n1cc(C(=O)Nc2ccc(Oc3cc(NC(=O)N4CCC4)ncn3)cc2)c(=O)n(-c2ccc(F)cc2)c1=O. The zero-order valence-corrected chi connectivity index (χ0v) is 22.2. The largest absolute Gasteiger partial charge is 0.439 e. The normalized spacial score (nSPS) is 12.5. The molecule has 2 N–H and O–H groups in total. The average molecular weight is 560 g/mol. The number of likely N-dealkylation sites (tertiary alicyclic amines) is 1. The molecule has 2 aromatic heterocycles. The first-order chi connectivity index (χ1) is 19.7. The standard InChI is InChI=1S/C28H26FN7O5/c1-17(2)35-15-22(26(38)36(28(35)40)20-8-4-18(29)5-9-20)25(37)32-19-6-10-21(11-7-19)41-24-14-23(30-16-31-24)33-27(39)34-12-3-13-34/h4-11,14-17H,3,12-13H2,1-2H3,(H,32,37)(H,30,31,33,39). The lowest BCUT2D eigenvalue weighted by atomic mass is 10.2. The molecule has 5 rings (SSSR count). The summed E-state index contributed by atoms with van der Waals surface area (Å²) in [6.07, 6.45) is 3.46. The van der Waals surface area contributed by atoms with E-state index in [0.717, 1.165) is 23.1 Å². The number of rotatable bonds is 7. The van der Waals surface area contributed by atoms with E-state index in [2.05, 4.69) is 20.6 Å². The fourth-order valence-electron chi connectivity index (χ4n) is 4.01. The topological polar surface area (TPSA) is 140 Å². The van der Waals surface area contributed by atoms with Crippen LogP contribution in [0.5, 0.6) is 11.6 Å². The van der Waals surface area contributed by atoms with Crippen molar-refractivity contribution in [1.82, 2.24) is 24.0 Å². The summed E-state index contributed by atoms with van der Waals surface area (Å²) >= 11 is 0. The maximum atomic E-state index is 13.4. The third-order valence-electron chi connectivity index (χ3n) is 6.35. The average Bonchev–Trinajstić information content (AvgIpc) is 2.90. The zero-order valence-electron chi connectivity index (χ0n) is 22.2. The molecule has 1 aliphatic heterocycles. The summed E-state index contributed by atoms with van der Waals surface area (Å²) < 4.78 is 21.3. The Morgan fingerprint density at radius 2 is 1.68 bits per heavy atom. The zero-order chi connectivity index (χ0) is 29.1. The minimum atomic E-state index is -0.836. The highest BCUT2D eigenvalue weighted by Crippen LogP contribution is 2.23. The van der Waals surface area contributed by atoms with Crippen molar-refractivity contribution in [2.45, 2.75) is 26.3 Å². The maximum Gasteiger partial charge on any atom is 0.335 e. The van der Waals surface area contributed by atoms with Crippen LogP contribution >= 0.6 is 0 Å². The molecule has 3 amide bonds. The molecule has 1 aliphatic rings. The van der Waals surface area contributed by atoms with Crippen LogP contribution in [0, 0.1) is 5.82 Å². The van der Waals surface area contributed by atoms with Crippen molar-refractivity contribution in [2.75, 3.05) is 23.7 Å². The van der Waals surface area contributed by atoms with E-state index < -0.39 is 23.0 Å². The van der Waals surface area contributed by atoms with Gasteiger partial charge < -0.3 is 15.0 Å². The summed E-state index contributed by atoms with van der Waals surface area (Å²) in [5.74, 6) is -0.361. The summed E-state index contributed by atoms with van der Waals surface area (Å²) in [4.78, 5) is 61.2. The molecule has 0 atom stereocenters. The van der Waals surface area contributed by atoms with Crippen LogP contribution in [0.3, 0.4) is 0 Å². The van der Waals surface area contributed by atoms with E-state index in [9.17, 15) is 23.6 Å². The predicted molar refractivity (Wildman–Crippen MR) is 148 cm³/mol. The van der Waals surface area contributed by atoms with E-state index in [0.29, 0.717) is 30.3 Å². The Balaban J connectivity index is 1.32. The van der Waals surface area contributed by atoms with Crippen molar-refractivity contribution in [3.05, 3.63) is 99.3 Å². The van der Waals surface area contributed by atoms with Crippen LogP contribution in [-0.2, 0) is 0 Å². The number of amides is 3. The van der Waals surface area contributed by atoms with Crippen LogP contribution in [0.2, 0.25) is 0 Å². The van der Waals surface area contributed by atoms with Crippen molar-refractivity contribution >= 4 is 23.4 Å². The van der Waals surface area contributed by atoms with E-state index in [1.54, 1.807) is 43.0 Å². The van der Waals surface area contributed by atoms with Crippen LogP contribution in [0.4, 0.5) is 20.7 Å². The highest BCUT2D eigenvalue weighted by molar-refractivity contribution is 6.03. The molecule has 13 heteroatoms. The molecule has 210 valence electrons. The molecule has 0 saturated carbocycles. The Labute approximate surface area is 233 Å². The minimum Gasteiger partial charge on any atom is -0.439 e. The second-order valence-electron chi connectivity index (χ2n) is 9.54. The van der Waals surface area contributed by atoms with Gasteiger partial charge in [0.25, 0.3) is 11.5 Å². The quantitative estimate of drug-likeness (QED) is 0.351. The number of hydrogen-bond donors (Lipinski definition) is 2. The summed E-state index contributed by atoms with van der Waals surface area (Å²) in [6, 6.07) is 12.0. The van der Waals surface area contributed by atoms with Crippen molar-refractivity contribution in [1.29, 1.82) is 0 Å². The van der Waals surface area contributed by atoms with Gasteiger partial charge in [-0.05, 0) is 68.8 Å². The van der Waals surface area contributed by atoms with Crippen molar-refractivity contribution in [3.63, 3.8) is 0 Å². The number of urea groups is 1. The number of hydrogen-bond acceptors (Lipinski definition) is 7. The highest BCUT2D eigenvalue weighted by Gasteiger charge is 2.21. The molecule has 41 heavy (non-hydrogen) atoms. The number of halogens is 1. The van der Waals surface area contributed by atoms with Crippen LogP contribution in [0.25, 0.3) is 5.69 Å². The third kappa shape index (κ3) is 5.98. The number of benzene rings is 2.